The van der Waals surface area contributed by atoms with Crippen LogP contribution in [0.5, 0.6) is 0 Å². The third-order valence-electron chi connectivity index (χ3n) is 2.76. The summed E-state index contributed by atoms with van der Waals surface area (Å²) < 4.78 is 44.4. The molecule has 0 atom stereocenters. The summed E-state index contributed by atoms with van der Waals surface area (Å²) in [4.78, 5) is -0.107. The number of anilines is 1. The van der Waals surface area contributed by atoms with Gasteiger partial charge in [0.2, 0.25) is 10.0 Å². The van der Waals surface area contributed by atoms with Gasteiger partial charge in [-0.05, 0) is 26.0 Å². The molecule has 5 nitrogen and oxygen atoms in total. The maximum Gasteiger partial charge on any atom is 0.243 e. The SMILES string of the molecule is CCOCCN(C)S(=O)(=O)c1cc(N)cc(F)c1C. The summed E-state index contributed by atoms with van der Waals surface area (Å²) in [5.41, 5.74) is 5.65. The zero-order valence-corrected chi connectivity index (χ0v) is 12.1. The van der Waals surface area contributed by atoms with E-state index < -0.39 is 15.8 Å². The molecule has 0 aromatic heterocycles. The molecular formula is C12H19FN2O3S. The number of nitrogens with zero attached hydrogens (tertiary/aromatic N) is 1. The van der Waals surface area contributed by atoms with E-state index in [2.05, 4.69) is 0 Å². The van der Waals surface area contributed by atoms with Gasteiger partial charge in [0.05, 0.1) is 11.5 Å². The van der Waals surface area contributed by atoms with Gasteiger partial charge in [0.15, 0.2) is 0 Å². The second kappa shape index (κ2) is 6.31. The highest BCUT2D eigenvalue weighted by Gasteiger charge is 2.24. The van der Waals surface area contributed by atoms with E-state index in [-0.39, 0.29) is 29.3 Å². The van der Waals surface area contributed by atoms with Crippen LogP contribution in [0.2, 0.25) is 0 Å². The third-order valence-corrected chi connectivity index (χ3v) is 4.74. The summed E-state index contributed by atoms with van der Waals surface area (Å²) >= 11 is 0. The average molecular weight is 290 g/mol. The van der Waals surface area contributed by atoms with E-state index in [0.29, 0.717) is 6.61 Å². The van der Waals surface area contributed by atoms with Gasteiger partial charge in [-0.25, -0.2) is 12.8 Å². The van der Waals surface area contributed by atoms with Crippen molar-refractivity contribution >= 4 is 15.7 Å². The topological polar surface area (TPSA) is 72.6 Å². The first kappa shape index (κ1) is 15.9. The quantitative estimate of drug-likeness (QED) is 0.634. The molecule has 0 bridgehead atoms. The number of ether oxygens (including phenoxy) is 1. The molecule has 0 spiro atoms. The van der Waals surface area contributed by atoms with Gasteiger partial charge in [0, 0.05) is 31.5 Å². The zero-order chi connectivity index (χ0) is 14.6. The summed E-state index contributed by atoms with van der Waals surface area (Å²) in [5, 5.41) is 0. The van der Waals surface area contributed by atoms with Crippen molar-refractivity contribution in [3.8, 4) is 0 Å². The van der Waals surface area contributed by atoms with Gasteiger partial charge in [0.1, 0.15) is 5.82 Å². The molecule has 19 heavy (non-hydrogen) atoms. The number of hydrogen-bond acceptors (Lipinski definition) is 4. The predicted octanol–water partition coefficient (Wildman–Crippen LogP) is 1.37. The average Bonchev–Trinajstić information content (AvgIpc) is 2.33. The molecule has 1 rings (SSSR count). The molecule has 0 heterocycles. The number of nitrogens with two attached hydrogens (primary N) is 1. The molecule has 0 saturated heterocycles. The summed E-state index contributed by atoms with van der Waals surface area (Å²) in [6.07, 6.45) is 0. The van der Waals surface area contributed by atoms with Crippen LogP contribution in [0.25, 0.3) is 0 Å². The molecule has 1 aromatic carbocycles. The highest BCUT2D eigenvalue weighted by atomic mass is 32.2. The normalized spacial score (nSPS) is 12.1. The van der Waals surface area contributed by atoms with E-state index >= 15 is 0 Å². The molecule has 0 aliphatic heterocycles. The summed E-state index contributed by atoms with van der Waals surface area (Å²) in [7, 11) is -2.34. The number of rotatable bonds is 6. The lowest BCUT2D eigenvalue weighted by atomic mass is 10.2. The van der Waals surface area contributed by atoms with Crippen molar-refractivity contribution in [3.63, 3.8) is 0 Å². The molecule has 108 valence electrons. The minimum Gasteiger partial charge on any atom is -0.399 e. The smallest absolute Gasteiger partial charge is 0.243 e. The Morgan fingerprint density at radius 1 is 1.42 bits per heavy atom. The number of likely N-dealkylation sites (N-methyl/N-ethyl adjacent to an activating group) is 1. The number of hydrogen-bond donors (Lipinski definition) is 1. The number of sulfonamides is 1. The Hall–Kier alpha value is -1.18. The molecule has 0 saturated carbocycles. The van der Waals surface area contributed by atoms with Crippen molar-refractivity contribution in [1.82, 2.24) is 4.31 Å². The molecule has 1 aromatic rings. The summed E-state index contributed by atoms with van der Waals surface area (Å²) in [6, 6.07) is 2.37. The Morgan fingerprint density at radius 2 is 2.05 bits per heavy atom. The fourth-order valence-electron chi connectivity index (χ4n) is 1.57. The molecule has 0 unspecified atom stereocenters. The summed E-state index contributed by atoms with van der Waals surface area (Å²) in [5.74, 6) is -0.628. The molecule has 0 fully saturated rings. The molecule has 2 N–H and O–H groups in total. The van der Waals surface area contributed by atoms with E-state index in [0.717, 1.165) is 10.4 Å². The van der Waals surface area contributed by atoms with Gasteiger partial charge in [-0.2, -0.15) is 4.31 Å². The molecule has 7 heteroatoms. The van der Waals surface area contributed by atoms with Crippen molar-refractivity contribution in [2.24, 2.45) is 0 Å². The van der Waals surface area contributed by atoms with Gasteiger partial charge in [-0.3, -0.25) is 0 Å². The number of halogens is 1. The van der Waals surface area contributed by atoms with E-state index in [1.165, 1.54) is 20.0 Å². The fourth-order valence-corrected chi connectivity index (χ4v) is 2.99. The first-order valence-corrected chi connectivity index (χ1v) is 7.34. The van der Waals surface area contributed by atoms with Crippen LogP contribution in [0.3, 0.4) is 0 Å². The molecule has 0 radical (unpaired) electrons. The highest BCUT2D eigenvalue weighted by Crippen LogP contribution is 2.24. The number of benzene rings is 1. The maximum absolute atomic E-state index is 13.6. The van der Waals surface area contributed by atoms with Crippen LogP contribution in [0.15, 0.2) is 17.0 Å². The second-order valence-corrected chi connectivity index (χ2v) is 6.16. The van der Waals surface area contributed by atoms with Crippen molar-refractivity contribution in [2.45, 2.75) is 18.7 Å². The first-order valence-electron chi connectivity index (χ1n) is 5.90. The van der Waals surface area contributed by atoms with E-state index in [9.17, 15) is 12.8 Å². The maximum atomic E-state index is 13.6. The van der Waals surface area contributed by atoms with Crippen LogP contribution in [0, 0.1) is 12.7 Å². The van der Waals surface area contributed by atoms with Gasteiger partial charge in [-0.15, -0.1) is 0 Å². The van der Waals surface area contributed by atoms with E-state index in [1.807, 2.05) is 6.92 Å². The van der Waals surface area contributed by atoms with Crippen LogP contribution < -0.4 is 5.73 Å². The van der Waals surface area contributed by atoms with Crippen molar-refractivity contribution in [2.75, 3.05) is 32.5 Å². The van der Waals surface area contributed by atoms with Gasteiger partial charge < -0.3 is 10.5 Å². The van der Waals surface area contributed by atoms with E-state index in [1.54, 1.807) is 0 Å². The fraction of sp³-hybridized carbons (Fsp3) is 0.500. The Bertz CT molecular complexity index is 546. The minimum absolute atomic E-state index is 0.0671. The van der Waals surface area contributed by atoms with Crippen LogP contribution in [-0.4, -0.2) is 39.5 Å². The van der Waals surface area contributed by atoms with Crippen molar-refractivity contribution in [3.05, 3.63) is 23.5 Å². The third kappa shape index (κ3) is 3.65. The first-order chi connectivity index (χ1) is 8.80. The van der Waals surface area contributed by atoms with Crippen molar-refractivity contribution in [1.29, 1.82) is 0 Å². The predicted molar refractivity (Wildman–Crippen MR) is 71.9 cm³/mol. The summed E-state index contributed by atoms with van der Waals surface area (Å²) in [6.45, 7) is 4.24. The molecule has 0 amide bonds. The lowest BCUT2D eigenvalue weighted by Gasteiger charge is -2.19. The highest BCUT2D eigenvalue weighted by molar-refractivity contribution is 7.89. The van der Waals surface area contributed by atoms with Crippen LogP contribution in [-0.2, 0) is 14.8 Å². The van der Waals surface area contributed by atoms with Gasteiger partial charge >= 0.3 is 0 Å². The number of nitrogen functional groups attached to an aromatic ring is 1. The minimum atomic E-state index is -3.76. The van der Waals surface area contributed by atoms with Crippen LogP contribution >= 0.6 is 0 Å². The van der Waals surface area contributed by atoms with Crippen LogP contribution in [0.1, 0.15) is 12.5 Å². The second-order valence-electron chi connectivity index (χ2n) is 4.15. The Labute approximate surface area is 113 Å². The van der Waals surface area contributed by atoms with E-state index in [4.69, 9.17) is 10.5 Å². The van der Waals surface area contributed by atoms with Gasteiger partial charge in [-0.1, -0.05) is 0 Å². The van der Waals surface area contributed by atoms with Gasteiger partial charge in [0.25, 0.3) is 0 Å². The Morgan fingerprint density at radius 3 is 2.63 bits per heavy atom. The Balaban J connectivity index is 3.06. The standard InChI is InChI=1S/C12H19FN2O3S/c1-4-18-6-5-15(3)19(16,17)12-8-10(14)7-11(13)9(12)2/h7-8H,4-6,14H2,1-3H3. The monoisotopic (exact) mass is 290 g/mol. The van der Waals surface area contributed by atoms with Crippen molar-refractivity contribution < 1.29 is 17.5 Å². The molecular weight excluding hydrogens is 271 g/mol. The largest absolute Gasteiger partial charge is 0.399 e. The lowest BCUT2D eigenvalue weighted by molar-refractivity contribution is 0.138. The molecule has 0 aliphatic carbocycles. The molecule has 0 aliphatic rings. The lowest BCUT2D eigenvalue weighted by Crippen LogP contribution is -2.31. The Kier molecular flexibility index (Phi) is 5.28. The zero-order valence-electron chi connectivity index (χ0n) is 11.3. The van der Waals surface area contributed by atoms with Crippen LogP contribution in [0.4, 0.5) is 10.1 Å².